The van der Waals surface area contributed by atoms with Crippen molar-refractivity contribution in [2.45, 2.75) is 38.8 Å². The summed E-state index contributed by atoms with van der Waals surface area (Å²) in [5.41, 5.74) is 7.69. The largest absolute Gasteiger partial charge is 0.386 e. The molecule has 1 aromatic heterocycles. The van der Waals surface area contributed by atoms with Crippen LogP contribution in [0.3, 0.4) is 0 Å². The minimum absolute atomic E-state index is 0.0576. The summed E-state index contributed by atoms with van der Waals surface area (Å²) in [6.45, 7) is 6.23. The molecular weight excluding hydrogens is 421 g/mol. The van der Waals surface area contributed by atoms with Gasteiger partial charge in [0.25, 0.3) is 5.91 Å². The van der Waals surface area contributed by atoms with Crippen molar-refractivity contribution in [3.8, 4) is 23.1 Å². The van der Waals surface area contributed by atoms with E-state index in [1.54, 1.807) is 48.4 Å². The maximum atomic E-state index is 14.4. The Hall–Kier alpha value is -3.54. The molecule has 1 fully saturated rings. The van der Waals surface area contributed by atoms with Crippen molar-refractivity contribution in [1.29, 1.82) is 5.26 Å². The van der Waals surface area contributed by atoms with Gasteiger partial charge in [-0.05, 0) is 63.1 Å². The van der Waals surface area contributed by atoms with Gasteiger partial charge in [-0.15, -0.1) is 0 Å². The zero-order valence-corrected chi connectivity index (χ0v) is 18.8. The standard InChI is InChI=1S/C25H26FN5O2/c1-15-22(24(32)30-11-10-19(28)14-30)29-23(16-4-5-17(13-27)21(26)12-16)31(15)20-8-6-18(7-9-20)25(2,3)33/h4-9,12,19,33H,10-11,14,28H2,1-3H3/t19-/m0/s1. The van der Waals surface area contributed by atoms with Gasteiger partial charge in [0, 0.05) is 30.4 Å². The number of benzene rings is 2. The van der Waals surface area contributed by atoms with Gasteiger partial charge in [0.2, 0.25) is 0 Å². The molecule has 3 N–H and O–H groups in total. The SMILES string of the molecule is Cc1c(C(=O)N2CC[C@H](N)C2)nc(-c2ccc(C#N)c(F)c2)n1-c1ccc(C(C)(C)O)cc1. The summed E-state index contributed by atoms with van der Waals surface area (Å²) in [7, 11) is 0. The third kappa shape index (κ3) is 4.25. The Kier molecular flexibility index (Phi) is 5.78. The first-order valence-corrected chi connectivity index (χ1v) is 10.8. The van der Waals surface area contributed by atoms with Crippen molar-refractivity contribution in [3.63, 3.8) is 0 Å². The number of likely N-dealkylation sites (tertiary alicyclic amines) is 1. The lowest BCUT2D eigenvalue weighted by Gasteiger charge is -2.19. The van der Waals surface area contributed by atoms with Gasteiger partial charge in [0.05, 0.1) is 16.9 Å². The van der Waals surface area contributed by atoms with Gasteiger partial charge in [0.15, 0.2) is 0 Å². The number of aliphatic hydroxyl groups is 1. The molecule has 1 amide bonds. The van der Waals surface area contributed by atoms with Crippen LogP contribution in [0.4, 0.5) is 4.39 Å². The molecule has 1 atom stereocenters. The Morgan fingerprint density at radius 1 is 1.27 bits per heavy atom. The van der Waals surface area contributed by atoms with Crippen LogP contribution in [0.15, 0.2) is 42.5 Å². The highest BCUT2D eigenvalue weighted by molar-refractivity contribution is 5.94. The number of halogens is 1. The van der Waals surface area contributed by atoms with E-state index in [0.717, 1.165) is 12.0 Å². The van der Waals surface area contributed by atoms with E-state index in [-0.39, 0.29) is 23.2 Å². The van der Waals surface area contributed by atoms with Crippen molar-refractivity contribution in [2.75, 3.05) is 13.1 Å². The predicted molar refractivity (Wildman–Crippen MR) is 122 cm³/mol. The van der Waals surface area contributed by atoms with Crippen LogP contribution in [-0.4, -0.2) is 44.6 Å². The van der Waals surface area contributed by atoms with Gasteiger partial charge in [-0.3, -0.25) is 9.36 Å². The molecule has 0 saturated carbocycles. The molecular formula is C25H26FN5O2. The number of aromatic nitrogens is 2. The minimum Gasteiger partial charge on any atom is -0.386 e. The van der Waals surface area contributed by atoms with Gasteiger partial charge >= 0.3 is 0 Å². The fourth-order valence-corrected chi connectivity index (χ4v) is 4.10. The van der Waals surface area contributed by atoms with Crippen LogP contribution in [0.25, 0.3) is 17.1 Å². The summed E-state index contributed by atoms with van der Waals surface area (Å²) in [5.74, 6) is -0.487. The maximum Gasteiger partial charge on any atom is 0.274 e. The highest BCUT2D eigenvalue weighted by atomic mass is 19.1. The highest BCUT2D eigenvalue weighted by Crippen LogP contribution is 2.30. The van der Waals surface area contributed by atoms with Crippen molar-refractivity contribution in [1.82, 2.24) is 14.5 Å². The average molecular weight is 448 g/mol. The molecule has 2 aromatic carbocycles. The Labute approximate surface area is 191 Å². The van der Waals surface area contributed by atoms with Crippen molar-refractivity contribution in [3.05, 3.63) is 70.8 Å². The van der Waals surface area contributed by atoms with Gasteiger partial charge in [-0.2, -0.15) is 5.26 Å². The second-order valence-electron chi connectivity index (χ2n) is 8.92. The molecule has 7 nitrogen and oxygen atoms in total. The van der Waals surface area contributed by atoms with Crippen molar-refractivity contribution < 1.29 is 14.3 Å². The van der Waals surface area contributed by atoms with Crippen LogP contribution in [0.2, 0.25) is 0 Å². The normalized spacial score (nSPS) is 16.2. The molecule has 0 unspecified atom stereocenters. The van der Waals surface area contributed by atoms with E-state index in [2.05, 4.69) is 4.98 Å². The molecule has 8 heteroatoms. The molecule has 0 radical (unpaired) electrons. The average Bonchev–Trinajstić information content (AvgIpc) is 3.36. The number of hydrogen-bond acceptors (Lipinski definition) is 5. The van der Waals surface area contributed by atoms with E-state index < -0.39 is 11.4 Å². The summed E-state index contributed by atoms with van der Waals surface area (Å²) < 4.78 is 16.2. The van der Waals surface area contributed by atoms with Crippen LogP contribution in [0.5, 0.6) is 0 Å². The lowest BCUT2D eigenvalue weighted by Crippen LogP contribution is -2.32. The molecule has 0 aliphatic carbocycles. The number of nitriles is 1. The van der Waals surface area contributed by atoms with Gasteiger partial charge in [-0.1, -0.05) is 12.1 Å². The molecule has 1 aliphatic rings. The Bertz CT molecular complexity index is 1250. The molecule has 33 heavy (non-hydrogen) atoms. The van der Waals surface area contributed by atoms with Crippen molar-refractivity contribution >= 4 is 5.91 Å². The second kappa shape index (κ2) is 8.43. The Morgan fingerprint density at radius 3 is 2.52 bits per heavy atom. The molecule has 1 saturated heterocycles. The van der Waals surface area contributed by atoms with Crippen LogP contribution >= 0.6 is 0 Å². The van der Waals surface area contributed by atoms with Crippen LogP contribution in [0.1, 0.15) is 47.6 Å². The molecule has 1 aliphatic heterocycles. The summed E-state index contributed by atoms with van der Waals surface area (Å²) in [6.07, 6.45) is 0.734. The van der Waals surface area contributed by atoms with E-state index in [9.17, 15) is 14.3 Å². The summed E-state index contributed by atoms with van der Waals surface area (Å²) in [5, 5.41) is 19.4. The van der Waals surface area contributed by atoms with E-state index in [4.69, 9.17) is 11.0 Å². The first-order chi connectivity index (χ1) is 15.6. The molecule has 170 valence electrons. The lowest BCUT2D eigenvalue weighted by atomic mass is 9.98. The number of hydrogen-bond donors (Lipinski definition) is 2. The summed E-state index contributed by atoms with van der Waals surface area (Å²) in [6, 6.07) is 13.3. The minimum atomic E-state index is -1.00. The molecule has 0 spiro atoms. The third-order valence-corrected chi connectivity index (χ3v) is 6.00. The number of imidazole rings is 1. The van der Waals surface area contributed by atoms with Crippen molar-refractivity contribution in [2.24, 2.45) is 5.73 Å². The van der Waals surface area contributed by atoms with E-state index in [1.807, 2.05) is 18.2 Å². The van der Waals surface area contributed by atoms with Gasteiger partial charge in [-0.25, -0.2) is 9.37 Å². The monoisotopic (exact) mass is 447 g/mol. The number of amides is 1. The van der Waals surface area contributed by atoms with Crippen LogP contribution in [-0.2, 0) is 5.60 Å². The maximum absolute atomic E-state index is 14.4. The van der Waals surface area contributed by atoms with Gasteiger partial charge in [0.1, 0.15) is 23.4 Å². The van der Waals surface area contributed by atoms with E-state index >= 15 is 0 Å². The summed E-state index contributed by atoms with van der Waals surface area (Å²) >= 11 is 0. The second-order valence-corrected chi connectivity index (χ2v) is 8.92. The smallest absolute Gasteiger partial charge is 0.274 e. The Balaban J connectivity index is 1.86. The number of carbonyl (C=O) groups excluding carboxylic acids is 1. The molecule has 0 bridgehead atoms. The zero-order valence-electron chi connectivity index (χ0n) is 18.8. The fraction of sp³-hybridized carbons (Fsp3) is 0.320. The topological polar surface area (TPSA) is 108 Å². The van der Waals surface area contributed by atoms with Crippen LogP contribution < -0.4 is 5.73 Å². The number of rotatable bonds is 4. The fourth-order valence-electron chi connectivity index (χ4n) is 4.10. The first kappa shape index (κ1) is 22.6. The number of carbonyl (C=O) groups is 1. The van der Waals surface area contributed by atoms with E-state index in [1.165, 1.54) is 12.1 Å². The highest BCUT2D eigenvalue weighted by Gasteiger charge is 2.30. The number of nitrogens with zero attached hydrogens (tertiary/aromatic N) is 4. The molecule has 4 rings (SSSR count). The van der Waals surface area contributed by atoms with Gasteiger partial charge < -0.3 is 15.7 Å². The predicted octanol–water partition coefficient (Wildman–Crippen LogP) is 3.26. The molecule has 3 aromatic rings. The molecule has 2 heterocycles. The van der Waals surface area contributed by atoms with E-state index in [0.29, 0.717) is 35.9 Å². The number of nitrogens with two attached hydrogens (primary N) is 1. The zero-order chi connectivity index (χ0) is 23.9. The quantitative estimate of drug-likeness (QED) is 0.638. The van der Waals surface area contributed by atoms with Crippen LogP contribution in [0, 0.1) is 24.1 Å². The Morgan fingerprint density at radius 2 is 1.97 bits per heavy atom. The first-order valence-electron chi connectivity index (χ1n) is 10.8. The lowest BCUT2D eigenvalue weighted by molar-refractivity contribution is 0.0779. The summed E-state index contributed by atoms with van der Waals surface area (Å²) in [4.78, 5) is 19.5. The third-order valence-electron chi connectivity index (χ3n) is 6.00.